The van der Waals surface area contributed by atoms with Crippen molar-refractivity contribution in [3.8, 4) is 0 Å². The number of benzene rings is 1. The van der Waals surface area contributed by atoms with Gasteiger partial charge in [-0.1, -0.05) is 30.7 Å². The van der Waals surface area contributed by atoms with Gasteiger partial charge in [-0.15, -0.1) is 11.8 Å². The van der Waals surface area contributed by atoms with Crippen LogP contribution in [0, 0.1) is 0 Å². The van der Waals surface area contributed by atoms with Gasteiger partial charge >= 0.3 is 0 Å². The van der Waals surface area contributed by atoms with Crippen molar-refractivity contribution < 1.29 is 4.79 Å². The van der Waals surface area contributed by atoms with Crippen molar-refractivity contribution in [1.82, 2.24) is 9.78 Å². The van der Waals surface area contributed by atoms with Gasteiger partial charge < -0.3 is 5.32 Å². The van der Waals surface area contributed by atoms with Gasteiger partial charge in [0, 0.05) is 11.1 Å². The number of hydrogen-bond donors (Lipinski definition) is 2. The number of hydrogen-bond acceptors (Lipinski definition) is 3. The summed E-state index contributed by atoms with van der Waals surface area (Å²) in [4.78, 5) is 24.6. The van der Waals surface area contributed by atoms with Crippen molar-refractivity contribution in [2.75, 3.05) is 11.1 Å². The summed E-state index contributed by atoms with van der Waals surface area (Å²) < 4.78 is 1.77. The molecule has 1 aliphatic heterocycles. The van der Waals surface area contributed by atoms with E-state index in [1.807, 2.05) is 26.0 Å². The Hall–Kier alpha value is -1.66. The van der Waals surface area contributed by atoms with E-state index < -0.39 is 0 Å². The fourth-order valence-corrected chi connectivity index (χ4v) is 3.91. The normalized spacial score (nSPS) is 18.9. The molecule has 1 aromatic carbocycles. The minimum atomic E-state index is -0.199. The summed E-state index contributed by atoms with van der Waals surface area (Å²) in [6, 6.07) is 7.51. The Morgan fingerprint density at radius 2 is 2.04 bits per heavy atom. The van der Waals surface area contributed by atoms with E-state index >= 15 is 0 Å². The molecule has 3 rings (SSSR count). The molecule has 23 heavy (non-hydrogen) atoms. The molecule has 2 aromatic rings. The van der Waals surface area contributed by atoms with E-state index in [4.69, 9.17) is 11.6 Å². The summed E-state index contributed by atoms with van der Waals surface area (Å²) in [5, 5.41) is 6.20. The number of anilines is 1. The molecule has 1 aliphatic rings. The Bertz CT molecular complexity index is 782. The third-order valence-electron chi connectivity index (χ3n) is 4.07. The SMILES string of the molecule is CCC(C)n1[nH]c(=O)c2c1NC(=O)CSC2c1ccc(Cl)cc1. The van der Waals surface area contributed by atoms with Crippen LogP contribution in [0.5, 0.6) is 0 Å². The molecule has 122 valence electrons. The molecule has 2 unspecified atom stereocenters. The summed E-state index contributed by atoms with van der Waals surface area (Å²) in [7, 11) is 0. The van der Waals surface area contributed by atoms with Gasteiger partial charge in [0.15, 0.2) is 0 Å². The first kappa shape index (κ1) is 16.2. The Balaban J connectivity index is 2.15. The summed E-state index contributed by atoms with van der Waals surface area (Å²) in [6.45, 7) is 4.05. The number of aromatic nitrogens is 2. The first-order valence-corrected chi connectivity index (χ1v) is 8.95. The quantitative estimate of drug-likeness (QED) is 0.888. The highest BCUT2D eigenvalue weighted by Gasteiger charge is 2.31. The maximum Gasteiger partial charge on any atom is 0.270 e. The predicted molar refractivity (Wildman–Crippen MR) is 94.4 cm³/mol. The molecule has 0 saturated heterocycles. The highest BCUT2D eigenvalue weighted by Crippen LogP contribution is 2.40. The zero-order valence-corrected chi connectivity index (χ0v) is 14.5. The first-order valence-electron chi connectivity index (χ1n) is 7.52. The molecule has 0 aliphatic carbocycles. The maximum atomic E-state index is 12.5. The molecular weight excluding hydrogens is 334 g/mol. The van der Waals surface area contributed by atoms with E-state index in [1.54, 1.807) is 16.8 Å². The van der Waals surface area contributed by atoms with Crippen molar-refractivity contribution >= 4 is 35.1 Å². The lowest BCUT2D eigenvalue weighted by Gasteiger charge is -2.16. The van der Waals surface area contributed by atoms with Crippen LogP contribution in [0.25, 0.3) is 0 Å². The van der Waals surface area contributed by atoms with E-state index in [2.05, 4.69) is 10.4 Å². The van der Waals surface area contributed by atoms with Crippen molar-refractivity contribution in [2.24, 2.45) is 0 Å². The number of amides is 1. The van der Waals surface area contributed by atoms with Crippen molar-refractivity contribution in [3.05, 3.63) is 50.8 Å². The number of thioether (sulfide) groups is 1. The molecule has 0 spiro atoms. The number of rotatable bonds is 3. The van der Waals surface area contributed by atoms with Crippen molar-refractivity contribution in [1.29, 1.82) is 0 Å². The molecule has 0 fully saturated rings. The predicted octanol–water partition coefficient (Wildman–Crippen LogP) is 3.58. The highest BCUT2D eigenvalue weighted by atomic mass is 35.5. The van der Waals surface area contributed by atoms with Gasteiger partial charge in [0.05, 0.1) is 16.6 Å². The van der Waals surface area contributed by atoms with E-state index in [-0.39, 0.29) is 22.8 Å². The van der Waals surface area contributed by atoms with Gasteiger partial charge in [-0.25, -0.2) is 0 Å². The second-order valence-corrected chi connectivity index (χ2v) is 7.15. The van der Waals surface area contributed by atoms with Gasteiger partial charge in [-0.05, 0) is 31.0 Å². The topological polar surface area (TPSA) is 66.9 Å². The van der Waals surface area contributed by atoms with Crippen LogP contribution in [0.1, 0.15) is 42.7 Å². The third kappa shape index (κ3) is 3.05. The van der Waals surface area contributed by atoms with Crippen LogP contribution in [0.15, 0.2) is 29.1 Å². The smallest absolute Gasteiger partial charge is 0.270 e. The van der Waals surface area contributed by atoms with Gasteiger partial charge in [-0.3, -0.25) is 19.4 Å². The zero-order chi connectivity index (χ0) is 16.6. The summed E-state index contributed by atoms with van der Waals surface area (Å²) in [6.07, 6.45) is 0.853. The molecule has 1 amide bonds. The number of aromatic amines is 1. The molecule has 0 bridgehead atoms. The van der Waals surface area contributed by atoms with Crippen LogP contribution in [-0.4, -0.2) is 21.4 Å². The number of nitrogens with one attached hydrogen (secondary N) is 2. The second kappa shape index (κ2) is 6.45. The molecule has 0 saturated carbocycles. The van der Waals surface area contributed by atoms with Gasteiger partial charge in [-0.2, -0.15) is 0 Å². The van der Waals surface area contributed by atoms with Gasteiger partial charge in [0.2, 0.25) is 5.91 Å². The molecule has 2 N–H and O–H groups in total. The average Bonchev–Trinajstić information content (AvgIpc) is 2.74. The molecule has 1 aromatic heterocycles. The largest absolute Gasteiger partial charge is 0.310 e. The average molecular weight is 352 g/mol. The molecule has 0 radical (unpaired) electrons. The van der Waals surface area contributed by atoms with E-state index in [1.165, 1.54) is 11.8 Å². The second-order valence-electron chi connectivity index (χ2n) is 5.62. The fraction of sp³-hybridized carbons (Fsp3) is 0.375. The van der Waals surface area contributed by atoms with Crippen LogP contribution < -0.4 is 10.9 Å². The fourth-order valence-electron chi connectivity index (χ4n) is 2.66. The minimum absolute atomic E-state index is 0.0937. The number of H-pyrrole nitrogens is 1. The maximum absolute atomic E-state index is 12.5. The summed E-state index contributed by atoms with van der Waals surface area (Å²) in [5.74, 6) is 0.796. The Labute approximate surface area is 143 Å². The number of nitrogens with zero attached hydrogens (tertiary/aromatic N) is 1. The number of halogens is 1. The lowest BCUT2D eigenvalue weighted by atomic mass is 10.1. The number of fused-ring (bicyclic) bond motifs is 1. The lowest BCUT2D eigenvalue weighted by Crippen LogP contribution is -2.18. The van der Waals surface area contributed by atoms with Crippen molar-refractivity contribution in [2.45, 2.75) is 31.6 Å². The van der Waals surface area contributed by atoms with Crippen LogP contribution in [0.3, 0.4) is 0 Å². The van der Waals surface area contributed by atoms with Crippen LogP contribution >= 0.6 is 23.4 Å². The molecule has 2 heterocycles. The number of carbonyl (C=O) groups excluding carboxylic acids is 1. The van der Waals surface area contributed by atoms with E-state index in [0.717, 1.165) is 12.0 Å². The first-order chi connectivity index (χ1) is 11.0. The van der Waals surface area contributed by atoms with Crippen LogP contribution in [-0.2, 0) is 4.79 Å². The molecular formula is C16H18ClN3O2S. The van der Waals surface area contributed by atoms with Crippen LogP contribution in [0.2, 0.25) is 5.02 Å². The minimum Gasteiger partial charge on any atom is -0.310 e. The monoisotopic (exact) mass is 351 g/mol. The standard InChI is InChI=1S/C16H18ClN3O2S/c1-3-9(2)20-15-13(16(22)19-20)14(23-8-12(21)18-15)10-4-6-11(17)7-5-10/h4-7,9,14H,3,8H2,1-2H3,(H,18,21)(H,19,22). The van der Waals surface area contributed by atoms with Crippen molar-refractivity contribution in [3.63, 3.8) is 0 Å². The Morgan fingerprint density at radius 1 is 1.35 bits per heavy atom. The number of carbonyl (C=O) groups is 1. The van der Waals surface area contributed by atoms with Gasteiger partial charge in [0.1, 0.15) is 5.82 Å². The lowest BCUT2D eigenvalue weighted by molar-refractivity contribution is -0.113. The summed E-state index contributed by atoms with van der Waals surface area (Å²) >= 11 is 7.41. The Morgan fingerprint density at radius 3 is 2.70 bits per heavy atom. The zero-order valence-electron chi connectivity index (χ0n) is 12.9. The molecule has 7 heteroatoms. The molecule has 5 nitrogen and oxygen atoms in total. The van der Waals surface area contributed by atoms with Crippen LogP contribution in [0.4, 0.5) is 5.82 Å². The molecule has 2 atom stereocenters. The van der Waals surface area contributed by atoms with Gasteiger partial charge in [0.25, 0.3) is 5.56 Å². The Kier molecular flexibility index (Phi) is 4.55. The highest BCUT2D eigenvalue weighted by molar-refractivity contribution is 8.00. The summed E-state index contributed by atoms with van der Waals surface area (Å²) in [5.41, 5.74) is 1.41. The van der Waals surface area contributed by atoms with E-state index in [9.17, 15) is 9.59 Å². The van der Waals surface area contributed by atoms with E-state index in [0.29, 0.717) is 22.2 Å². The third-order valence-corrected chi connectivity index (χ3v) is 5.59.